The molecular formula is C20H26O5. The van der Waals surface area contributed by atoms with E-state index in [0.717, 1.165) is 5.57 Å². The second-order valence-electron chi connectivity index (χ2n) is 7.83. The maximum absolute atomic E-state index is 12.9. The first-order valence-electron chi connectivity index (χ1n) is 8.93. The fourth-order valence-electron chi connectivity index (χ4n) is 4.15. The lowest BCUT2D eigenvalue weighted by molar-refractivity contribution is -0.160. The zero-order valence-corrected chi connectivity index (χ0v) is 15.3. The van der Waals surface area contributed by atoms with Crippen molar-refractivity contribution in [2.24, 2.45) is 17.8 Å². The number of epoxide rings is 1. The van der Waals surface area contributed by atoms with Crippen molar-refractivity contribution in [1.29, 1.82) is 0 Å². The number of ether oxygens (including phenoxy) is 2. The Labute approximate surface area is 148 Å². The molecule has 1 aliphatic heterocycles. The Kier molecular flexibility index (Phi) is 4.48. The van der Waals surface area contributed by atoms with Crippen molar-refractivity contribution in [3.8, 4) is 0 Å². The maximum atomic E-state index is 12.9. The van der Waals surface area contributed by atoms with Crippen molar-refractivity contribution in [1.82, 2.24) is 0 Å². The minimum absolute atomic E-state index is 0.138. The lowest BCUT2D eigenvalue weighted by Gasteiger charge is -2.33. The van der Waals surface area contributed by atoms with E-state index >= 15 is 0 Å². The van der Waals surface area contributed by atoms with Crippen LogP contribution in [0.15, 0.2) is 23.8 Å². The first-order valence-corrected chi connectivity index (χ1v) is 8.93. The van der Waals surface area contributed by atoms with E-state index in [4.69, 9.17) is 9.47 Å². The highest BCUT2D eigenvalue weighted by Crippen LogP contribution is 2.52. The standard InChI is InChI=1S/C20H26O5/c1-6-11(4)19(23)24-17-14(9-16-20(5,25-16)18(17)22)13-7-12(10(2)3)8-15(13)21/h6,12-14,16-17H,2,7-9H2,1,3-5H3/b11-6+/t12-,13+,14+,16+,17+,20+/m1/s1. The molecule has 0 aromatic rings. The molecule has 25 heavy (non-hydrogen) atoms. The van der Waals surface area contributed by atoms with Crippen molar-refractivity contribution < 1.29 is 23.9 Å². The Hall–Kier alpha value is -1.75. The number of fused-ring (bicyclic) bond motifs is 1. The smallest absolute Gasteiger partial charge is 0.334 e. The van der Waals surface area contributed by atoms with Crippen LogP contribution in [0, 0.1) is 17.8 Å². The third-order valence-corrected chi connectivity index (χ3v) is 6.17. The van der Waals surface area contributed by atoms with Gasteiger partial charge in [-0.25, -0.2) is 4.79 Å². The van der Waals surface area contributed by atoms with Crippen LogP contribution in [0.4, 0.5) is 0 Å². The summed E-state index contributed by atoms with van der Waals surface area (Å²) in [5.74, 6) is -1.01. The largest absolute Gasteiger partial charge is 0.451 e. The number of carbonyl (C=O) groups excluding carboxylic acids is 3. The molecule has 6 atom stereocenters. The highest BCUT2D eigenvalue weighted by atomic mass is 16.6. The highest BCUT2D eigenvalue weighted by molar-refractivity contribution is 5.99. The maximum Gasteiger partial charge on any atom is 0.334 e. The lowest BCUT2D eigenvalue weighted by atomic mass is 9.72. The molecule has 136 valence electrons. The molecule has 0 aromatic heterocycles. The number of allylic oxidation sites excluding steroid dienone is 2. The molecule has 0 spiro atoms. The van der Waals surface area contributed by atoms with Gasteiger partial charge < -0.3 is 9.47 Å². The number of hydrogen-bond donors (Lipinski definition) is 0. The van der Waals surface area contributed by atoms with Crippen molar-refractivity contribution in [3.05, 3.63) is 23.8 Å². The van der Waals surface area contributed by atoms with Crippen molar-refractivity contribution in [3.63, 3.8) is 0 Å². The molecule has 3 fully saturated rings. The minimum atomic E-state index is -0.913. The highest BCUT2D eigenvalue weighted by Gasteiger charge is 2.67. The summed E-state index contributed by atoms with van der Waals surface area (Å²) < 4.78 is 11.2. The Balaban J connectivity index is 1.85. The first kappa shape index (κ1) is 18.1. The van der Waals surface area contributed by atoms with Gasteiger partial charge in [0, 0.05) is 23.8 Å². The van der Waals surface area contributed by atoms with Gasteiger partial charge in [0.2, 0.25) is 5.78 Å². The third-order valence-electron chi connectivity index (χ3n) is 6.17. The monoisotopic (exact) mass is 346 g/mol. The van der Waals surface area contributed by atoms with E-state index in [9.17, 15) is 14.4 Å². The second kappa shape index (κ2) is 6.20. The molecule has 5 heteroatoms. The summed E-state index contributed by atoms with van der Waals surface area (Å²) >= 11 is 0. The topological polar surface area (TPSA) is 73.0 Å². The molecule has 2 aliphatic carbocycles. The number of rotatable bonds is 4. The molecule has 3 rings (SSSR count). The molecular weight excluding hydrogens is 320 g/mol. The molecule has 0 bridgehead atoms. The van der Waals surface area contributed by atoms with Crippen molar-refractivity contribution in [2.75, 3.05) is 0 Å². The van der Waals surface area contributed by atoms with Crippen LogP contribution in [0.2, 0.25) is 0 Å². The van der Waals surface area contributed by atoms with Crippen LogP contribution in [-0.4, -0.2) is 35.3 Å². The van der Waals surface area contributed by atoms with Gasteiger partial charge in [0.1, 0.15) is 5.78 Å². The molecule has 5 nitrogen and oxygen atoms in total. The van der Waals surface area contributed by atoms with Crippen LogP contribution in [0.5, 0.6) is 0 Å². The van der Waals surface area contributed by atoms with E-state index < -0.39 is 17.7 Å². The van der Waals surface area contributed by atoms with Crippen LogP contribution >= 0.6 is 0 Å². The van der Waals surface area contributed by atoms with Gasteiger partial charge in [0.25, 0.3) is 0 Å². The zero-order chi connectivity index (χ0) is 18.5. The fourth-order valence-corrected chi connectivity index (χ4v) is 4.15. The molecule has 0 aromatic carbocycles. The number of hydrogen-bond acceptors (Lipinski definition) is 5. The molecule has 2 saturated carbocycles. The number of esters is 1. The molecule has 0 unspecified atom stereocenters. The van der Waals surface area contributed by atoms with Gasteiger partial charge in [-0.2, -0.15) is 0 Å². The van der Waals surface area contributed by atoms with Gasteiger partial charge >= 0.3 is 5.97 Å². The number of carbonyl (C=O) groups is 3. The van der Waals surface area contributed by atoms with E-state index in [2.05, 4.69) is 6.58 Å². The van der Waals surface area contributed by atoms with E-state index in [1.165, 1.54) is 0 Å². The summed E-state index contributed by atoms with van der Waals surface area (Å²) in [7, 11) is 0. The molecule has 1 heterocycles. The quantitative estimate of drug-likeness (QED) is 0.339. The summed E-state index contributed by atoms with van der Waals surface area (Å²) in [5.41, 5.74) is 0.581. The summed E-state index contributed by atoms with van der Waals surface area (Å²) in [6, 6.07) is 0. The van der Waals surface area contributed by atoms with E-state index in [-0.39, 0.29) is 35.4 Å². The van der Waals surface area contributed by atoms with Crippen LogP contribution < -0.4 is 0 Å². The second-order valence-corrected chi connectivity index (χ2v) is 7.83. The average molecular weight is 346 g/mol. The normalized spacial score (nSPS) is 40.6. The fraction of sp³-hybridized carbons (Fsp3) is 0.650. The lowest BCUT2D eigenvalue weighted by Crippen LogP contribution is -2.50. The SMILES string of the molecule is C=C(C)[C@H]1CC(=O)[C@H]([C@@H]2C[C@@H]3O[C@]3(C)C(=O)[C@H]2OC(=O)/C(C)=C/C)C1. The molecule has 0 N–H and O–H groups in total. The summed E-state index contributed by atoms with van der Waals surface area (Å²) in [4.78, 5) is 37.7. The Morgan fingerprint density at radius 2 is 2.00 bits per heavy atom. The van der Waals surface area contributed by atoms with Gasteiger partial charge in [-0.1, -0.05) is 18.2 Å². The number of Topliss-reactive ketones (excluding diaryl/α,β-unsaturated/α-hetero) is 2. The molecule has 0 radical (unpaired) electrons. The van der Waals surface area contributed by atoms with Gasteiger partial charge in [-0.3, -0.25) is 9.59 Å². The number of ketones is 2. The van der Waals surface area contributed by atoms with E-state index in [1.807, 2.05) is 6.92 Å². The van der Waals surface area contributed by atoms with Gasteiger partial charge in [0.15, 0.2) is 11.7 Å². The van der Waals surface area contributed by atoms with Crippen LogP contribution in [0.25, 0.3) is 0 Å². The van der Waals surface area contributed by atoms with Crippen LogP contribution in [0.3, 0.4) is 0 Å². The summed E-state index contributed by atoms with van der Waals surface area (Å²) in [5, 5.41) is 0. The molecule has 3 aliphatic rings. The van der Waals surface area contributed by atoms with Gasteiger partial charge in [-0.15, -0.1) is 0 Å². The molecule has 0 amide bonds. The van der Waals surface area contributed by atoms with Crippen LogP contribution in [-0.2, 0) is 23.9 Å². The Morgan fingerprint density at radius 3 is 2.56 bits per heavy atom. The minimum Gasteiger partial charge on any atom is -0.451 e. The summed E-state index contributed by atoms with van der Waals surface area (Å²) in [6.45, 7) is 11.0. The average Bonchev–Trinajstić information content (AvgIpc) is 3.08. The van der Waals surface area contributed by atoms with E-state index in [1.54, 1.807) is 26.8 Å². The zero-order valence-electron chi connectivity index (χ0n) is 15.3. The van der Waals surface area contributed by atoms with Crippen LogP contribution in [0.1, 0.15) is 47.0 Å². The predicted octanol–water partition coefficient (Wildman–Crippen LogP) is 2.78. The predicted molar refractivity (Wildman–Crippen MR) is 91.7 cm³/mol. The molecule has 1 saturated heterocycles. The van der Waals surface area contributed by atoms with Gasteiger partial charge in [0.05, 0.1) is 6.10 Å². The Bertz CT molecular complexity index is 676. The Morgan fingerprint density at radius 1 is 1.32 bits per heavy atom. The van der Waals surface area contributed by atoms with Crippen molar-refractivity contribution in [2.45, 2.75) is 64.8 Å². The third kappa shape index (κ3) is 2.99. The van der Waals surface area contributed by atoms with E-state index in [0.29, 0.717) is 24.8 Å². The van der Waals surface area contributed by atoms with Crippen molar-refractivity contribution >= 4 is 17.5 Å². The summed E-state index contributed by atoms with van der Waals surface area (Å²) in [6.07, 6.45) is 2.28. The van der Waals surface area contributed by atoms with Gasteiger partial charge in [-0.05, 0) is 46.5 Å². The first-order chi connectivity index (χ1) is 11.7.